The maximum absolute atomic E-state index is 11.2. The summed E-state index contributed by atoms with van der Waals surface area (Å²) in [5.41, 5.74) is 1.000. The Morgan fingerprint density at radius 2 is 2.47 bits per heavy atom. The second-order valence-corrected chi connectivity index (χ2v) is 3.86. The predicted octanol–water partition coefficient (Wildman–Crippen LogP) is 1.21. The van der Waals surface area contributed by atoms with Crippen molar-refractivity contribution in [1.29, 1.82) is 0 Å². The fraction of sp³-hybridized carbons (Fsp3) is 0.556. The average Bonchev–Trinajstić information content (AvgIpc) is 2.63. The van der Waals surface area contributed by atoms with Gasteiger partial charge in [0.15, 0.2) is 5.13 Å². The third-order valence-corrected chi connectivity index (χ3v) is 2.48. The topological polar surface area (TPSA) is 74.2 Å². The van der Waals surface area contributed by atoms with Crippen LogP contribution in [-0.4, -0.2) is 29.3 Å². The van der Waals surface area contributed by atoms with Gasteiger partial charge in [-0.25, -0.2) is 9.78 Å². The van der Waals surface area contributed by atoms with Gasteiger partial charge < -0.3 is 10.4 Å². The third-order valence-electron chi connectivity index (χ3n) is 1.68. The molecule has 0 saturated carbocycles. The van der Waals surface area contributed by atoms with Crippen LogP contribution in [0.2, 0.25) is 0 Å². The molecule has 6 heteroatoms. The van der Waals surface area contributed by atoms with Crippen LogP contribution < -0.4 is 10.6 Å². The van der Waals surface area contributed by atoms with Crippen molar-refractivity contribution in [1.82, 2.24) is 10.3 Å². The average molecular weight is 229 g/mol. The number of carbonyl (C=O) groups excluding carboxylic acids is 1. The fourth-order valence-corrected chi connectivity index (χ4v) is 1.79. The molecule has 1 aromatic heterocycles. The maximum Gasteiger partial charge on any atom is 0.321 e. The lowest BCUT2D eigenvalue weighted by molar-refractivity contribution is 0.245. The molecule has 0 unspecified atom stereocenters. The van der Waals surface area contributed by atoms with Crippen LogP contribution in [0.5, 0.6) is 0 Å². The first-order chi connectivity index (χ1) is 7.26. The van der Waals surface area contributed by atoms with Gasteiger partial charge in [0.1, 0.15) is 0 Å². The van der Waals surface area contributed by atoms with E-state index in [4.69, 9.17) is 5.11 Å². The van der Waals surface area contributed by atoms with Crippen LogP contribution in [0, 0.1) is 0 Å². The van der Waals surface area contributed by atoms with Crippen LogP contribution in [0.25, 0.3) is 0 Å². The van der Waals surface area contributed by atoms with Crippen molar-refractivity contribution < 1.29 is 9.90 Å². The monoisotopic (exact) mass is 229 g/mol. The number of hydrogen-bond donors (Lipinski definition) is 3. The number of urea groups is 1. The summed E-state index contributed by atoms with van der Waals surface area (Å²) in [5, 5.41) is 16.1. The van der Waals surface area contributed by atoms with E-state index < -0.39 is 0 Å². The lowest BCUT2D eigenvalue weighted by Crippen LogP contribution is -2.30. The summed E-state index contributed by atoms with van der Waals surface area (Å²) >= 11 is 1.41. The van der Waals surface area contributed by atoms with Gasteiger partial charge >= 0.3 is 6.03 Å². The van der Waals surface area contributed by atoms with Crippen LogP contribution in [-0.2, 0) is 6.42 Å². The van der Waals surface area contributed by atoms with E-state index in [0.717, 1.165) is 18.5 Å². The minimum atomic E-state index is -0.332. The highest BCUT2D eigenvalue weighted by atomic mass is 32.1. The Bertz CT molecular complexity index is 314. The van der Waals surface area contributed by atoms with Crippen molar-refractivity contribution in [3.8, 4) is 0 Å². The number of anilines is 1. The van der Waals surface area contributed by atoms with Gasteiger partial charge in [-0.2, -0.15) is 0 Å². The van der Waals surface area contributed by atoms with Gasteiger partial charge in [-0.1, -0.05) is 13.3 Å². The largest absolute Gasteiger partial charge is 0.395 e. The fourth-order valence-electron chi connectivity index (χ4n) is 1.05. The van der Waals surface area contributed by atoms with Gasteiger partial charge in [-0.3, -0.25) is 5.32 Å². The van der Waals surface area contributed by atoms with Crippen molar-refractivity contribution in [2.75, 3.05) is 18.5 Å². The first kappa shape index (κ1) is 11.9. The lowest BCUT2D eigenvalue weighted by atomic mass is 10.3. The number of aliphatic hydroxyl groups excluding tert-OH is 1. The predicted molar refractivity (Wildman–Crippen MR) is 60.2 cm³/mol. The normalized spacial score (nSPS) is 10.0. The number of hydrogen-bond acceptors (Lipinski definition) is 4. The molecule has 0 radical (unpaired) electrons. The smallest absolute Gasteiger partial charge is 0.321 e. The Morgan fingerprint density at radius 1 is 1.67 bits per heavy atom. The number of carbonyl (C=O) groups is 1. The number of amides is 2. The maximum atomic E-state index is 11.2. The summed E-state index contributed by atoms with van der Waals surface area (Å²) < 4.78 is 0. The van der Waals surface area contributed by atoms with Crippen molar-refractivity contribution in [2.45, 2.75) is 19.8 Å². The standard InChI is InChI=1S/C9H15N3O2S/c1-2-3-7-6-15-9(11-7)12-8(14)10-4-5-13/h6,13H,2-5H2,1H3,(H2,10,11,12,14). The van der Waals surface area contributed by atoms with Crippen LogP contribution in [0.4, 0.5) is 9.93 Å². The van der Waals surface area contributed by atoms with E-state index in [1.54, 1.807) is 0 Å². The molecule has 3 N–H and O–H groups in total. The third kappa shape index (κ3) is 4.26. The van der Waals surface area contributed by atoms with Gasteiger partial charge in [0.25, 0.3) is 0 Å². The van der Waals surface area contributed by atoms with E-state index in [-0.39, 0.29) is 19.2 Å². The molecule has 0 atom stereocenters. The molecular formula is C9H15N3O2S. The number of rotatable bonds is 5. The molecule has 0 aliphatic carbocycles. The zero-order chi connectivity index (χ0) is 11.1. The zero-order valence-corrected chi connectivity index (χ0v) is 9.43. The molecular weight excluding hydrogens is 214 g/mol. The number of aromatic nitrogens is 1. The number of nitrogens with zero attached hydrogens (tertiary/aromatic N) is 1. The molecule has 1 aromatic rings. The van der Waals surface area contributed by atoms with Gasteiger partial charge in [-0.15, -0.1) is 11.3 Å². The highest BCUT2D eigenvalue weighted by Gasteiger charge is 2.04. The van der Waals surface area contributed by atoms with Crippen molar-refractivity contribution >= 4 is 22.5 Å². The molecule has 0 fully saturated rings. The quantitative estimate of drug-likeness (QED) is 0.710. The summed E-state index contributed by atoms with van der Waals surface area (Å²) in [6.45, 7) is 2.27. The van der Waals surface area contributed by atoms with Crippen LogP contribution >= 0.6 is 11.3 Å². The van der Waals surface area contributed by atoms with Gasteiger partial charge in [0, 0.05) is 11.9 Å². The molecule has 0 spiro atoms. The molecule has 0 bridgehead atoms. The van der Waals surface area contributed by atoms with Gasteiger partial charge in [-0.05, 0) is 6.42 Å². The number of aryl methyl sites for hydroxylation is 1. The molecule has 1 heterocycles. The van der Waals surface area contributed by atoms with E-state index >= 15 is 0 Å². The molecule has 84 valence electrons. The van der Waals surface area contributed by atoms with E-state index in [0.29, 0.717) is 5.13 Å². The Morgan fingerprint density at radius 3 is 3.13 bits per heavy atom. The summed E-state index contributed by atoms with van der Waals surface area (Å²) in [6.07, 6.45) is 1.97. The second-order valence-electron chi connectivity index (χ2n) is 3.00. The van der Waals surface area contributed by atoms with E-state index in [9.17, 15) is 4.79 Å². The highest BCUT2D eigenvalue weighted by molar-refractivity contribution is 7.13. The summed E-state index contributed by atoms with van der Waals surface area (Å²) in [7, 11) is 0. The first-order valence-corrected chi connectivity index (χ1v) is 5.74. The summed E-state index contributed by atoms with van der Waals surface area (Å²) in [4.78, 5) is 15.4. The summed E-state index contributed by atoms with van der Waals surface area (Å²) in [5.74, 6) is 0. The number of thiazole rings is 1. The van der Waals surface area contributed by atoms with E-state index in [1.165, 1.54) is 11.3 Å². The lowest BCUT2D eigenvalue weighted by Gasteiger charge is -2.02. The van der Waals surface area contributed by atoms with Crippen LogP contribution in [0.1, 0.15) is 19.0 Å². The van der Waals surface area contributed by atoms with Crippen molar-refractivity contribution in [3.63, 3.8) is 0 Å². The number of nitrogens with one attached hydrogen (secondary N) is 2. The molecule has 1 rings (SSSR count). The zero-order valence-electron chi connectivity index (χ0n) is 8.62. The van der Waals surface area contributed by atoms with Crippen molar-refractivity contribution in [2.24, 2.45) is 0 Å². The minimum Gasteiger partial charge on any atom is -0.395 e. The SMILES string of the molecule is CCCc1csc(NC(=O)NCCO)n1. The second kappa shape index (κ2) is 6.36. The molecule has 5 nitrogen and oxygen atoms in total. The molecule has 15 heavy (non-hydrogen) atoms. The van der Waals surface area contributed by atoms with Crippen LogP contribution in [0.15, 0.2) is 5.38 Å². The van der Waals surface area contributed by atoms with Gasteiger partial charge in [0.2, 0.25) is 0 Å². The Hall–Kier alpha value is -1.14. The molecule has 0 aromatic carbocycles. The molecule has 0 saturated heterocycles. The van der Waals surface area contributed by atoms with Crippen molar-refractivity contribution in [3.05, 3.63) is 11.1 Å². The first-order valence-electron chi connectivity index (χ1n) is 4.86. The Kier molecular flexibility index (Phi) is 5.06. The molecule has 2 amide bonds. The number of aliphatic hydroxyl groups is 1. The summed E-state index contributed by atoms with van der Waals surface area (Å²) in [6, 6.07) is -0.332. The molecule has 0 aliphatic rings. The highest BCUT2D eigenvalue weighted by Crippen LogP contribution is 2.15. The van der Waals surface area contributed by atoms with E-state index in [1.807, 2.05) is 5.38 Å². The van der Waals surface area contributed by atoms with Gasteiger partial charge in [0.05, 0.1) is 12.3 Å². The Balaban J connectivity index is 2.39. The minimum absolute atomic E-state index is 0.0631. The van der Waals surface area contributed by atoms with Crippen LogP contribution in [0.3, 0.4) is 0 Å². The molecule has 0 aliphatic heterocycles. The Labute approximate surface area is 92.5 Å². The van der Waals surface area contributed by atoms with E-state index in [2.05, 4.69) is 22.5 Å².